The molecule has 19 heavy (non-hydrogen) atoms. The molecule has 0 aromatic heterocycles. The first kappa shape index (κ1) is 14.9. The molecule has 1 aliphatic rings. The van der Waals surface area contributed by atoms with E-state index >= 15 is 0 Å². The van der Waals surface area contributed by atoms with Crippen LogP contribution in [-0.2, 0) is 6.54 Å². The number of rotatable bonds is 5. The Hall–Kier alpha value is -0.450. The van der Waals surface area contributed by atoms with Crippen molar-refractivity contribution in [2.24, 2.45) is 5.92 Å². The number of likely N-dealkylation sites (tertiary alicyclic amines) is 1. The quantitative estimate of drug-likeness (QED) is 0.891. The summed E-state index contributed by atoms with van der Waals surface area (Å²) in [6.45, 7) is 8.42. The molecule has 2 nitrogen and oxygen atoms in total. The number of hydrogen-bond donors (Lipinski definition) is 1. The van der Waals surface area contributed by atoms with Crippen LogP contribution in [0.2, 0.25) is 0 Å². The van der Waals surface area contributed by atoms with Gasteiger partial charge in [0.25, 0.3) is 0 Å². The van der Waals surface area contributed by atoms with Crippen molar-refractivity contribution in [1.29, 1.82) is 0 Å². The van der Waals surface area contributed by atoms with E-state index in [-0.39, 0.29) is 5.82 Å². The van der Waals surface area contributed by atoms with E-state index < -0.39 is 0 Å². The summed E-state index contributed by atoms with van der Waals surface area (Å²) in [5.41, 5.74) is 0.738. The molecule has 0 amide bonds. The van der Waals surface area contributed by atoms with Gasteiger partial charge in [-0.05, 0) is 51.4 Å². The predicted molar refractivity (Wildman–Crippen MR) is 80.6 cm³/mol. The van der Waals surface area contributed by atoms with Crippen LogP contribution in [0.25, 0.3) is 0 Å². The first-order chi connectivity index (χ1) is 9.06. The van der Waals surface area contributed by atoms with Crippen LogP contribution in [-0.4, -0.2) is 30.6 Å². The molecule has 0 saturated carbocycles. The second-order valence-electron chi connectivity index (χ2n) is 5.61. The van der Waals surface area contributed by atoms with Crippen molar-refractivity contribution in [2.45, 2.75) is 32.9 Å². The van der Waals surface area contributed by atoms with Crippen LogP contribution in [0.4, 0.5) is 4.39 Å². The van der Waals surface area contributed by atoms with Crippen LogP contribution in [0, 0.1) is 11.7 Å². The van der Waals surface area contributed by atoms with Crippen LogP contribution in [0.3, 0.4) is 0 Å². The largest absolute Gasteiger partial charge is 0.312 e. The lowest BCUT2D eigenvalue weighted by molar-refractivity contribution is 0.264. The third-order valence-electron chi connectivity index (χ3n) is 3.81. The summed E-state index contributed by atoms with van der Waals surface area (Å²) in [7, 11) is 0. The molecule has 1 unspecified atom stereocenters. The molecule has 1 aromatic carbocycles. The summed E-state index contributed by atoms with van der Waals surface area (Å²) < 4.78 is 14.4. The van der Waals surface area contributed by atoms with Gasteiger partial charge in [-0.1, -0.05) is 22.0 Å². The Labute approximate surface area is 123 Å². The van der Waals surface area contributed by atoms with Gasteiger partial charge in [-0.2, -0.15) is 0 Å². The molecule has 1 aliphatic heterocycles. The number of hydrogen-bond acceptors (Lipinski definition) is 2. The SMILES string of the molecule is CC(C)N1CCC(CNCc2ccc(Br)cc2F)C1. The number of nitrogens with zero attached hydrogens (tertiary/aromatic N) is 1. The molecule has 0 radical (unpaired) electrons. The lowest BCUT2D eigenvalue weighted by Gasteiger charge is -2.20. The van der Waals surface area contributed by atoms with Crippen LogP contribution >= 0.6 is 15.9 Å². The van der Waals surface area contributed by atoms with Gasteiger partial charge in [0.1, 0.15) is 5.82 Å². The lowest BCUT2D eigenvalue weighted by Crippen LogP contribution is -2.30. The average molecular weight is 329 g/mol. The molecule has 1 saturated heterocycles. The minimum atomic E-state index is -0.142. The summed E-state index contributed by atoms with van der Waals surface area (Å²) in [6.07, 6.45) is 1.24. The fourth-order valence-electron chi connectivity index (χ4n) is 2.57. The zero-order valence-corrected chi connectivity index (χ0v) is 13.2. The second-order valence-corrected chi connectivity index (χ2v) is 6.53. The van der Waals surface area contributed by atoms with E-state index in [9.17, 15) is 4.39 Å². The van der Waals surface area contributed by atoms with E-state index in [4.69, 9.17) is 0 Å². The van der Waals surface area contributed by atoms with Gasteiger partial charge in [0, 0.05) is 29.2 Å². The maximum atomic E-state index is 13.6. The molecule has 0 aliphatic carbocycles. The monoisotopic (exact) mass is 328 g/mol. The molecule has 4 heteroatoms. The zero-order valence-electron chi connectivity index (χ0n) is 11.6. The molecule has 1 atom stereocenters. The summed E-state index contributed by atoms with van der Waals surface area (Å²) in [5.74, 6) is 0.554. The van der Waals surface area contributed by atoms with Gasteiger partial charge in [-0.15, -0.1) is 0 Å². The van der Waals surface area contributed by atoms with Gasteiger partial charge in [0.05, 0.1) is 0 Å². The van der Waals surface area contributed by atoms with Crippen LogP contribution in [0.5, 0.6) is 0 Å². The van der Waals surface area contributed by atoms with Crippen molar-refractivity contribution in [1.82, 2.24) is 10.2 Å². The van der Waals surface area contributed by atoms with Crippen molar-refractivity contribution in [3.05, 3.63) is 34.1 Å². The lowest BCUT2D eigenvalue weighted by atomic mass is 10.1. The minimum absolute atomic E-state index is 0.142. The molecule has 1 aromatic rings. The highest BCUT2D eigenvalue weighted by Crippen LogP contribution is 2.18. The topological polar surface area (TPSA) is 15.3 Å². The first-order valence-electron chi connectivity index (χ1n) is 6.95. The summed E-state index contributed by atoms with van der Waals surface area (Å²) >= 11 is 3.27. The van der Waals surface area contributed by atoms with Gasteiger partial charge in [-0.25, -0.2) is 4.39 Å². The molecule has 106 valence electrons. The Morgan fingerprint density at radius 3 is 2.89 bits per heavy atom. The summed E-state index contributed by atoms with van der Waals surface area (Å²) in [5, 5.41) is 3.38. The van der Waals surface area contributed by atoms with Crippen molar-refractivity contribution in [2.75, 3.05) is 19.6 Å². The molecule has 0 bridgehead atoms. The van der Waals surface area contributed by atoms with E-state index in [0.29, 0.717) is 18.5 Å². The van der Waals surface area contributed by atoms with Crippen LogP contribution in [0.1, 0.15) is 25.8 Å². The molecule has 0 spiro atoms. The van der Waals surface area contributed by atoms with Crippen molar-refractivity contribution in [3.63, 3.8) is 0 Å². The summed E-state index contributed by atoms with van der Waals surface area (Å²) in [4.78, 5) is 2.51. The third-order valence-corrected chi connectivity index (χ3v) is 4.30. The Balaban J connectivity index is 1.75. The van der Waals surface area contributed by atoms with E-state index in [1.807, 2.05) is 12.1 Å². The highest BCUT2D eigenvalue weighted by molar-refractivity contribution is 9.10. The van der Waals surface area contributed by atoms with Gasteiger partial charge in [-0.3, -0.25) is 0 Å². The van der Waals surface area contributed by atoms with Crippen LogP contribution in [0.15, 0.2) is 22.7 Å². The summed E-state index contributed by atoms with van der Waals surface area (Å²) in [6, 6.07) is 5.87. The maximum absolute atomic E-state index is 13.6. The molecular formula is C15H22BrFN2. The van der Waals surface area contributed by atoms with E-state index in [1.165, 1.54) is 19.0 Å². The second kappa shape index (κ2) is 6.82. The Kier molecular flexibility index (Phi) is 5.37. The average Bonchev–Trinajstić information content (AvgIpc) is 2.81. The smallest absolute Gasteiger partial charge is 0.128 e. The zero-order chi connectivity index (χ0) is 13.8. The number of benzene rings is 1. The minimum Gasteiger partial charge on any atom is -0.312 e. The first-order valence-corrected chi connectivity index (χ1v) is 7.74. The number of halogens is 2. The van der Waals surface area contributed by atoms with E-state index in [0.717, 1.165) is 23.1 Å². The molecule has 1 fully saturated rings. The van der Waals surface area contributed by atoms with Crippen LogP contribution < -0.4 is 5.32 Å². The Bertz CT molecular complexity index is 423. The Morgan fingerprint density at radius 2 is 2.26 bits per heavy atom. The molecular weight excluding hydrogens is 307 g/mol. The number of nitrogens with one attached hydrogen (secondary N) is 1. The van der Waals surface area contributed by atoms with E-state index in [2.05, 4.69) is 40.0 Å². The van der Waals surface area contributed by atoms with Gasteiger partial charge >= 0.3 is 0 Å². The van der Waals surface area contributed by atoms with E-state index in [1.54, 1.807) is 0 Å². The molecule has 2 rings (SSSR count). The van der Waals surface area contributed by atoms with Gasteiger partial charge < -0.3 is 10.2 Å². The standard InChI is InChI=1S/C15H22BrFN2/c1-11(2)19-6-5-12(10-19)8-18-9-13-3-4-14(16)7-15(13)17/h3-4,7,11-12,18H,5-6,8-10H2,1-2H3. The van der Waals surface area contributed by atoms with Crippen molar-refractivity contribution >= 4 is 15.9 Å². The van der Waals surface area contributed by atoms with Crippen molar-refractivity contribution < 1.29 is 4.39 Å². The highest BCUT2D eigenvalue weighted by atomic mass is 79.9. The molecule has 1 heterocycles. The normalized spacial score (nSPS) is 20.4. The predicted octanol–water partition coefficient (Wildman–Crippen LogP) is 3.41. The molecule has 1 N–H and O–H groups in total. The Morgan fingerprint density at radius 1 is 1.47 bits per heavy atom. The fourth-order valence-corrected chi connectivity index (χ4v) is 2.91. The maximum Gasteiger partial charge on any atom is 0.128 e. The van der Waals surface area contributed by atoms with Gasteiger partial charge in [0.15, 0.2) is 0 Å². The highest BCUT2D eigenvalue weighted by Gasteiger charge is 2.23. The van der Waals surface area contributed by atoms with Crippen molar-refractivity contribution in [3.8, 4) is 0 Å². The fraction of sp³-hybridized carbons (Fsp3) is 0.600. The van der Waals surface area contributed by atoms with Gasteiger partial charge in [0.2, 0.25) is 0 Å². The third kappa shape index (κ3) is 4.26.